The van der Waals surface area contributed by atoms with E-state index < -0.39 is 15.9 Å². The summed E-state index contributed by atoms with van der Waals surface area (Å²) < 4.78 is 30.8. The van der Waals surface area contributed by atoms with Gasteiger partial charge in [0.25, 0.3) is 15.9 Å². The third-order valence-corrected chi connectivity index (χ3v) is 5.76. The van der Waals surface area contributed by atoms with Gasteiger partial charge in [0.05, 0.1) is 4.90 Å². The SMILES string of the molecule is O=C(Nc1cccc(Cl)c1)c1cc2ccccc2oc1=NNS(=O)(=O)c1ccccc1. The smallest absolute Gasteiger partial charge is 0.276 e. The van der Waals surface area contributed by atoms with Gasteiger partial charge in [-0.15, -0.1) is 5.10 Å². The van der Waals surface area contributed by atoms with E-state index in [1.165, 1.54) is 12.1 Å². The van der Waals surface area contributed by atoms with Crippen molar-refractivity contribution < 1.29 is 17.6 Å². The third-order valence-electron chi connectivity index (χ3n) is 4.30. The highest BCUT2D eigenvalue weighted by atomic mass is 35.5. The monoisotopic (exact) mass is 453 g/mol. The first kappa shape index (κ1) is 20.6. The number of para-hydroxylation sites is 1. The summed E-state index contributed by atoms with van der Waals surface area (Å²) >= 11 is 5.98. The number of carbonyl (C=O) groups is 1. The van der Waals surface area contributed by atoms with Crippen molar-refractivity contribution in [3.8, 4) is 0 Å². The molecule has 0 bridgehead atoms. The van der Waals surface area contributed by atoms with Gasteiger partial charge < -0.3 is 9.73 Å². The molecule has 2 N–H and O–H groups in total. The molecule has 0 radical (unpaired) electrons. The Bertz CT molecular complexity index is 1430. The molecule has 0 aliphatic heterocycles. The number of nitrogens with zero attached hydrogens (tertiary/aromatic N) is 1. The van der Waals surface area contributed by atoms with Crippen LogP contribution in [0.3, 0.4) is 0 Å². The lowest BCUT2D eigenvalue weighted by Crippen LogP contribution is -2.27. The number of hydrogen-bond donors (Lipinski definition) is 2. The molecule has 31 heavy (non-hydrogen) atoms. The van der Waals surface area contributed by atoms with Crippen LogP contribution in [-0.2, 0) is 10.0 Å². The zero-order chi connectivity index (χ0) is 21.8. The summed E-state index contributed by atoms with van der Waals surface area (Å²) in [5.41, 5.74) is 0.785. The summed E-state index contributed by atoms with van der Waals surface area (Å²) in [6.45, 7) is 0. The van der Waals surface area contributed by atoms with E-state index in [0.717, 1.165) is 0 Å². The number of amides is 1. The first-order valence-electron chi connectivity index (χ1n) is 9.13. The Labute approximate surface area is 183 Å². The predicted molar refractivity (Wildman–Crippen MR) is 118 cm³/mol. The molecule has 0 unspecified atom stereocenters. The summed E-state index contributed by atoms with van der Waals surface area (Å²) in [6.07, 6.45) is 0. The van der Waals surface area contributed by atoms with Gasteiger partial charge in [-0.25, -0.2) is 0 Å². The van der Waals surface area contributed by atoms with Gasteiger partial charge in [0.1, 0.15) is 11.1 Å². The van der Waals surface area contributed by atoms with Crippen LogP contribution in [0.15, 0.2) is 99.3 Å². The van der Waals surface area contributed by atoms with E-state index in [1.54, 1.807) is 72.8 Å². The first-order valence-corrected chi connectivity index (χ1v) is 11.0. The summed E-state index contributed by atoms with van der Waals surface area (Å²) in [7, 11) is -3.94. The zero-order valence-corrected chi connectivity index (χ0v) is 17.5. The van der Waals surface area contributed by atoms with Crippen molar-refractivity contribution in [2.24, 2.45) is 5.10 Å². The van der Waals surface area contributed by atoms with Gasteiger partial charge in [-0.2, -0.15) is 13.2 Å². The Kier molecular flexibility index (Phi) is 5.75. The van der Waals surface area contributed by atoms with E-state index >= 15 is 0 Å². The maximum absolute atomic E-state index is 12.9. The van der Waals surface area contributed by atoms with Gasteiger partial charge >= 0.3 is 0 Å². The Hall–Kier alpha value is -3.62. The molecule has 9 heteroatoms. The van der Waals surface area contributed by atoms with Gasteiger partial charge in [0.15, 0.2) is 0 Å². The van der Waals surface area contributed by atoms with E-state index in [2.05, 4.69) is 15.2 Å². The molecule has 4 aromatic rings. The Morgan fingerprint density at radius 1 is 0.903 bits per heavy atom. The van der Waals surface area contributed by atoms with E-state index in [-0.39, 0.29) is 16.0 Å². The molecule has 0 aliphatic rings. The second-order valence-corrected chi connectivity index (χ2v) is 8.58. The molecule has 0 saturated heterocycles. The van der Waals surface area contributed by atoms with E-state index in [1.807, 2.05) is 0 Å². The molecular weight excluding hydrogens is 438 g/mol. The number of sulfonamides is 1. The summed E-state index contributed by atoms with van der Waals surface area (Å²) in [4.78, 5) is 15.1. The van der Waals surface area contributed by atoms with Crippen molar-refractivity contribution in [2.75, 3.05) is 5.32 Å². The molecule has 156 valence electrons. The molecule has 0 spiro atoms. The van der Waals surface area contributed by atoms with Gasteiger partial charge in [-0.1, -0.05) is 54.1 Å². The van der Waals surface area contributed by atoms with E-state index in [4.69, 9.17) is 16.0 Å². The molecule has 0 atom stereocenters. The Morgan fingerprint density at radius 3 is 2.42 bits per heavy atom. The van der Waals surface area contributed by atoms with E-state index in [0.29, 0.717) is 21.7 Å². The molecule has 3 aromatic carbocycles. The highest BCUT2D eigenvalue weighted by Crippen LogP contribution is 2.17. The second-order valence-electron chi connectivity index (χ2n) is 6.49. The van der Waals surface area contributed by atoms with Crippen LogP contribution in [0.2, 0.25) is 5.02 Å². The average Bonchev–Trinajstić information content (AvgIpc) is 2.77. The molecule has 1 aromatic heterocycles. The summed E-state index contributed by atoms with van der Waals surface area (Å²) in [5, 5.41) is 7.72. The lowest BCUT2D eigenvalue weighted by Gasteiger charge is -2.08. The largest absolute Gasteiger partial charge is 0.436 e. The number of fused-ring (bicyclic) bond motifs is 1. The highest BCUT2D eigenvalue weighted by molar-refractivity contribution is 7.89. The Balaban J connectivity index is 1.76. The van der Waals surface area contributed by atoms with Crippen LogP contribution in [0, 0.1) is 0 Å². The number of anilines is 1. The number of halogens is 1. The summed E-state index contributed by atoms with van der Waals surface area (Å²) in [6, 6.07) is 23.0. The number of benzene rings is 3. The molecule has 0 fully saturated rings. The van der Waals surface area contributed by atoms with Crippen LogP contribution in [0.4, 0.5) is 5.69 Å². The first-order chi connectivity index (χ1) is 14.9. The van der Waals surface area contributed by atoms with Gasteiger partial charge in [-0.3, -0.25) is 4.79 Å². The van der Waals surface area contributed by atoms with Crippen LogP contribution in [0.1, 0.15) is 10.4 Å². The number of nitrogens with one attached hydrogen (secondary N) is 2. The van der Waals surface area contributed by atoms with Crippen molar-refractivity contribution in [3.05, 3.63) is 101 Å². The van der Waals surface area contributed by atoms with Crippen LogP contribution in [0.5, 0.6) is 0 Å². The molecular formula is C22H16ClN3O4S. The lowest BCUT2D eigenvalue weighted by atomic mass is 10.1. The average molecular weight is 454 g/mol. The quantitative estimate of drug-likeness (QED) is 0.443. The van der Waals surface area contributed by atoms with Crippen molar-refractivity contribution in [1.29, 1.82) is 0 Å². The molecule has 0 saturated carbocycles. The highest BCUT2D eigenvalue weighted by Gasteiger charge is 2.16. The van der Waals surface area contributed by atoms with Crippen LogP contribution in [0.25, 0.3) is 11.0 Å². The fourth-order valence-electron chi connectivity index (χ4n) is 2.83. The minimum absolute atomic E-state index is 0.0319. The van der Waals surface area contributed by atoms with Gasteiger partial charge in [0, 0.05) is 16.1 Å². The fraction of sp³-hybridized carbons (Fsp3) is 0. The molecule has 1 heterocycles. The van der Waals surface area contributed by atoms with Gasteiger partial charge in [0.2, 0.25) is 5.55 Å². The number of carbonyl (C=O) groups excluding carboxylic acids is 1. The predicted octanol–water partition coefficient (Wildman–Crippen LogP) is 4.13. The summed E-state index contributed by atoms with van der Waals surface area (Å²) in [5.74, 6) is -0.533. The second kappa shape index (κ2) is 8.63. The molecule has 0 aliphatic carbocycles. The van der Waals surface area contributed by atoms with Crippen molar-refractivity contribution in [3.63, 3.8) is 0 Å². The van der Waals surface area contributed by atoms with Crippen molar-refractivity contribution in [2.45, 2.75) is 4.90 Å². The van der Waals surface area contributed by atoms with Crippen LogP contribution >= 0.6 is 11.6 Å². The Morgan fingerprint density at radius 2 is 1.65 bits per heavy atom. The van der Waals surface area contributed by atoms with Crippen LogP contribution < -0.4 is 15.7 Å². The standard InChI is InChI=1S/C22H16ClN3O4S/c23-16-8-6-9-17(14-16)24-21(27)19-13-15-7-4-5-12-20(15)30-22(19)25-26-31(28,29)18-10-2-1-3-11-18/h1-14,26H,(H,24,27). The maximum atomic E-state index is 12.9. The van der Waals surface area contributed by atoms with E-state index in [9.17, 15) is 13.2 Å². The zero-order valence-electron chi connectivity index (χ0n) is 15.9. The molecule has 1 amide bonds. The van der Waals surface area contributed by atoms with Gasteiger partial charge in [-0.05, 0) is 42.5 Å². The molecule has 4 rings (SSSR count). The minimum Gasteiger partial charge on any atom is -0.436 e. The fourth-order valence-corrected chi connectivity index (χ4v) is 3.85. The molecule has 7 nitrogen and oxygen atoms in total. The minimum atomic E-state index is -3.94. The third kappa shape index (κ3) is 4.76. The van der Waals surface area contributed by atoms with Crippen molar-refractivity contribution in [1.82, 2.24) is 4.83 Å². The normalized spacial score (nSPS) is 12.0. The maximum Gasteiger partial charge on any atom is 0.276 e. The van der Waals surface area contributed by atoms with Crippen LogP contribution in [-0.4, -0.2) is 14.3 Å². The topological polar surface area (TPSA) is 101 Å². The number of hydrogen-bond acceptors (Lipinski definition) is 5. The lowest BCUT2D eigenvalue weighted by molar-refractivity contribution is 0.102. The van der Waals surface area contributed by atoms with Crippen molar-refractivity contribution >= 4 is 44.2 Å². The number of rotatable bonds is 5.